The van der Waals surface area contributed by atoms with Crippen molar-refractivity contribution in [1.29, 1.82) is 0 Å². The summed E-state index contributed by atoms with van der Waals surface area (Å²) in [5.41, 5.74) is 2.23. The number of anilines is 2. The van der Waals surface area contributed by atoms with Gasteiger partial charge < -0.3 is 9.80 Å². The molecule has 0 N–H and O–H groups in total. The van der Waals surface area contributed by atoms with Gasteiger partial charge in [-0.15, -0.1) is 0 Å². The molecule has 120 valence electrons. The Hall–Kier alpha value is -1.01. The molecule has 3 nitrogen and oxygen atoms in total. The van der Waals surface area contributed by atoms with E-state index in [1.165, 1.54) is 15.5 Å². The van der Waals surface area contributed by atoms with E-state index in [9.17, 15) is 4.21 Å². The van der Waals surface area contributed by atoms with E-state index in [1.54, 1.807) is 11.8 Å². The molecule has 0 aliphatic carbocycles. The van der Waals surface area contributed by atoms with Gasteiger partial charge in [0.2, 0.25) is 0 Å². The van der Waals surface area contributed by atoms with Crippen LogP contribution in [0.2, 0.25) is 5.02 Å². The first-order chi connectivity index (χ1) is 11.1. The van der Waals surface area contributed by atoms with Gasteiger partial charge in [0.05, 0.1) is 37.0 Å². The van der Waals surface area contributed by atoms with Gasteiger partial charge in [0.25, 0.3) is 0 Å². The van der Waals surface area contributed by atoms with Crippen molar-refractivity contribution < 1.29 is 4.21 Å². The summed E-state index contributed by atoms with van der Waals surface area (Å²) in [6.07, 6.45) is 1.04. The maximum Gasteiger partial charge on any atom is 0.0903 e. The Kier molecular flexibility index (Phi) is 3.92. The van der Waals surface area contributed by atoms with Crippen LogP contribution in [0.15, 0.2) is 49.9 Å². The Morgan fingerprint density at radius 3 is 2.78 bits per heavy atom. The minimum atomic E-state index is -1.06. The van der Waals surface area contributed by atoms with Crippen molar-refractivity contribution in [2.45, 2.75) is 26.0 Å². The summed E-state index contributed by atoms with van der Waals surface area (Å²) in [7, 11) is 3.11. The van der Waals surface area contributed by atoms with Crippen molar-refractivity contribution in [2.75, 3.05) is 32.1 Å². The van der Waals surface area contributed by atoms with Gasteiger partial charge in [-0.25, -0.2) is 4.21 Å². The van der Waals surface area contributed by atoms with Crippen molar-refractivity contribution in [3.8, 4) is 0 Å². The van der Waals surface area contributed by atoms with E-state index in [4.69, 9.17) is 11.6 Å². The van der Waals surface area contributed by atoms with E-state index in [2.05, 4.69) is 48.2 Å². The van der Waals surface area contributed by atoms with Crippen LogP contribution in [0.3, 0.4) is 0 Å². The van der Waals surface area contributed by atoms with Crippen LogP contribution in [0, 0.1) is 0 Å². The van der Waals surface area contributed by atoms with Crippen molar-refractivity contribution >= 4 is 45.5 Å². The molecule has 0 amide bonds. The van der Waals surface area contributed by atoms with Crippen molar-refractivity contribution in [3.05, 3.63) is 35.4 Å². The molecule has 0 aromatic heterocycles. The van der Waals surface area contributed by atoms with Crippen LogP contribution < -0.4 is 4.90 Å². The lowest BCUT2D eigenvalue weighted by Crippen LogP contribution is -2.28. The van der Waals surface area contributed by atoms with E-state index in [0.29, 0.717) is 5.02 Å². The number of halogens is 1. The van der Waals surface area contributed by atoms with Crippen molar-refractivity contribution in [3.63, 3.8) is 0 Å². The van der Waals surface area contributed by atoms with Crippen LogP contribution >= 0.6 is 23.4 Å². The molecule has 0 saturated carbocycles. The molecule has 0 radical (unpaired) electrons. The minimum absolute atomic E-state index is 0.680. The number of para-hydroxylation sites is 1. The van der Waals surface area contributed by atoms with E-state index in [0.717, 1.165) is 35.0 Å². The second-order valence-electron chi connectivity index (χ2n) is 6.01. The Balaban J connectivity index is 1.78. The standard InChI is InChI=1S/C17H17ClN2OS2/c1-19(2)8-5-9-20-11-6-3-4-7-12(11)22-13-10-14-15(18)17(16(13)20)23(14)21/h3-4,6-7,10H,5,8-9H2,1-2H3. The second kappa shape index (κ2) is 5.81. The molecular weight excluding hydrogens is 348 g/mol. The molecule has 0 fully saturated rings. The minimum Gasteiger partial charge on any atom is -0.339 e. The molecule has 3 aliphatic heterocycles. The molecule has 2 aromatic rings. The fraction of sp³-hybridized carbons (Fsp3) is 0.294. The monoisotopic (exact) mass is 364 g/mol. The van der Waals surface area contributed by atoms with Gasteiger partial charge >= 0.3 is 0 Å². The lowest BCUT2D eigenvalue weighted by Gasteiger charge is -2.37. The predicted octanol–water partition coefficient (Wildman–Crippen LogP) is 4.37. The maximum atomic E-state index is 12.4. The molecule has 2 aromatic carbocycles. The number of benzene rings is 2. The van der Waals surface area contributed by atoms with Crippen LogP contribution in [0.25, 0.3) is 0 Å². The number of hydrogen-bond acceptors (Lipinski definition) is 4. The molecule has 1 atom stereocenters. The van der Waals surface area contributed by atoms with Crippen LogP contribution in [-0.4, -0.2) is 36.3 Å². The summed E-state index contributed by atoms with van der Waals surface area (Å²) in [4.78, 5) is 8.49. The predicted molar refractivity (Wildman–Crippen MR) is 96.9 cm³/mol. The molecule has 1 unspecified atom stereocenters. The Bertz CT molecular complexity index is 822. The Morgan fingerprint density at radius 2 is 2.04 bits per heavy atom. The fourth-order valence-electron chi connectivity index (χ4n) is 3.06. The van der Waals surface area contributed by atoms with Gasteiger partial charge in [0.15, 0.2) is 0 Å². The van der Waals surface area contributed by atoms with Gasteiger partial charge in [-0.1, -0.05) is 35.5 Å². The maximum absolute atomic E-state index is 12.4. The Morgan fingerprint density at radius 1 is 1.26 bits per heavy atom. The van der Waals surface area contributed by atoms with Crippen LogP contribution in [0.1, 0.15) is 6.42 Å². The largest absolute Gasteiger partial charge is 0.339 e. The highest BCUT2D eigenvalue weighted by atomic mass is 35.5. The zero-order valence-corrected chi connectivity index (χ0v) is 15.4. The van der Waals surface area contributed by atoms with Crippen LogP contribution in [0.4, 0.5) is 11.4 Å². The van der Waals surface area contributed by atoms with E-state index in [-0.39, 0.29) is 0 Å². The number of fused-ring (bicyclic) bond motifs is 1. The van der Waals surface area contributed by atoms with Crippen molar-refractivity contribution in [2.24, 2.45) is 0 Å². The summed E-state index contributed by atoms with van der Waals surface area (Å²) in [6.45, 7) is 1.91. The van der Waals surface area contributed by atoms with Crippen LogP contribution in [0.5, 0.6) is 0 Å². The van der Waals surface area contributed by atoms with Crippen molar-refractivity contribution in [1.82, 2.24) is 4.90 Å². The van der Waals surface area contributed by atoms with Gasteiger partial charge in [0, 0.05) is 16.3 Å². The third kappa shape index (κ3) is 2.41. The first-order valence-corrected chi connectivity index (χ1v) is 9.90. The zero-order valence-electron chi connectivity index (χ0n) is 13.0. The van der Waals surface area contributed by atoms with Gasteiger partial charge in [-0.05, 0) is 45.3 Å². The highest BCUT2D eigenvalue weighted by Crippen LogP contribution is 2.57. The molecule has 5 rings (SSSR count). The molecular formula is C17H17ClN2OS2. The summed E-state index contributed by atoms with van der Waals surface area (Å²) in [5.74, 6) is 0. The lowest BCUT2D eigenvalue weighted by molar-refractivity contribution is 0.402. The molecule has 3 heterocycles. The third-order valence-corrected chi connectivity index (χ3v) is 7.35. The number of rotatable bonds is 4. The van der Waals surface area contributed by atoms with Gasteiger partial charge in [0.1, 0.15) is 0 Å². The molecule has 3 aliphatic rings. The quantitative estimate of drug-likeness (QED) is 0.685. The third-order valence-electron chi connectivity index (χ3n) is 4.14. The summed E-state index contributed by atoms with van der Waals surface area (Å²) < 4.78 is 12.4. The topological polar surface area (TPSA) is 23.6 Å². The lowest BCUT2D eigenvalue weighted by atomic mass is 10.2. The van der Waals surface area contributed by atoms with E-state index in [1.807, 2.05) is 6.07 Å². The number of nitrogens with zero attached hydrogens (tertiary/aromatic N) is 2. The molecule has 0 spiro atoms. The highest BCUT2D eigenvalue weighted by Gasteiger charge is 2.38. The molecule has 23 heavy (non-hydrogen) atoms. The average molecular weight is 365 g/mol. The fourth-order valence-corrected chi connectivity index (χ4v) is 6.14. The number of hydrogen-bond donors (Lipinski definition) is 0. The summed E-state index contributed by atoms with van der Waals surface area (Å²) in [6, 6.07) is 10.4. The normalized spacial score (nSPS) is 17.7. The molecule has 0 saturated heterocycles. The average Bonchev–Trinajstić information content (AvgIpc) is 2.54. The first-order valence-electron chi connectivity index (χ1n) is 7.55. The molecule has 6 heteroatoms. The van der Waals surface area contributed by atoms with Gasteiger partial charge in [-0.2, -0.15) is 0 Å². The second-order valence-corrected chi connectivity index (χ2v) is 8.86. The van der Waals surface area contributed by atoms with Crippen LogP contribution in [-0.2, 0) is 10.8 Å². The SMILES string of the molecule is CN(C)CCCN1c2ccccc2Sc2cc3c(Cl)c(c21)S3=O. The zero-order chi connectivity index (χ0) is 16.1. The van der Waals surface area contributed by atoms with Gasteiger partial charge in [-0.3, -0.25) is 0 Å². The summed E-state index contributed by atoms with van der Waals surface area (Å²) in [5, 5.41) is 0.680. The first kappa shape index (κ1) is 15.5. The highest BCUT2D eigenvalue weighted by molar-refractivity contribution is 8.00. The van der Waals surface area contributed by atoms with E-state index >= 15 is 0 Å². The Labute approximate surface area is 148 Å². The van der Waals surface area contributed by atoms with E-state index < -0.39 is 10.8 Å². The molecule has 2 bridgehead atoms. The summed E-state index contributed by atoms with van der Waals surface area (Å²) >= 11 is 8.10. The smallest absolute Gasteiger partial charge is 0.0903 e.